The number of aromatic nitrogens is 2. The number of nitrogens with one attached hydrogen (secondary N) is 2. The molecule has 3 heterocycles. The predicted molar refractivity (Wildman–Crippen MR) is 133 cm³/mol. The van der Waals surface area contributed by atoms with Crippen LogP contribution in [0.15, 0.2) is 67.0 Å². The number of carbonyl (C=O) groups excluding carboxylic acids is 2. The molecule has 0 spiro atoms. The largest absolute Gasteiger partial charge is 0.444 e. The highest BCUT2D eigenvalue weighted by molar-refractivity contribution is 6.04. The molecule has 2 aromatic heterocycles. The second-order valence-electron chi connectivity index (χ2n) is 9.24. The Labute approximate surface area is 204 Å². The Kier molecular flexibility index (Phi) is 7.14. The van der Waals surface area contributed by atoms with Crippen LogP contribution in [0.5, 0.6) is 11.6 Å². The first-order chi connectivity index (χ1) is 16.7. The average molecular weight is 476 g/mol. The zero-order valence-corrected chi connectivity index (χ0v) is 20.0. The van der Waals surface area contributed by atoms with Crippen LogP contribution < -0.4 is 20.3 Å². The van der Waals surface area contributed by atoms with E-state index in [0.29, 0.717) is 29.4 Å². The molecule has 3 aromatic rings. The van der Waals surface area contributed by atoms with Crippen LogP contribution in [0.2, 0.25) is 0 Å². The van der Waals surface area contributed by atoms with Gasteiger partial charge in [0.25, 0.3) is 5.91 Å². The first kappa shape index (κ1) is 24.0. The summed E-state index contributed by atoms with van der Waals surface area (Å²) in [6.45, 7) is 6.92. The molecular formula is C26H29N5O4. The molecule has 4 rings (SSSR count). The summed E-state index contributed by atoms with van der Waals surface area (Å²) in [6, 6.07) is 16.3. The lowest BCUT2D eigenvalue weighted by atomic mass is 10.2. The van der Waals surface area contributed by atoms with Gasteiger partial charge in [0.1, 0.15) is 17.2 Å². The minimum absolute atomic E-state index is 0.00706. The lowest BCUT2D eigenvalue weighted by molar-refractivity contribution is 0.0509. The fraction of sp³-hybridized carbons (Fsp3) is 0.308. The highest BCUT2D eigenvalue weighted by Crippen LogP contribution is 2.21. The molecule has 2 amide bonds. The third-order valence-electron chi connectivity index (χ3n) is 5.20. The van der Waals surface area contributed by atoms with Crippen LogP contribution in [-0.2, 0) is 4.74 Å². The van der Waals surface area contributed by atoms with Gasteiger partial charge < -0.3 is 25.0 Å². The first-order valence-electron chi connectivity index (χ1n) is 11.5. The highest BCUT2D eigenvalue weighted by atomic mass is 16.6. The minimum Gasteiger partial charge on any atom is -0.444 e. The molecule has 1 saturated heterocycles. The summed E-state index contributed by atoms with van der Waals surface area (Å²) in [5, 5.41) is 5.73. The number of nitrogens with zero attached hydrogens (tertiary/aromatic N) is 3. The van der Waals surface area contributed by atoms with E-state index in [1.54, 1.807) is 24.4 Å². The van der Waals surface area contributed by atoms with Crippen molar-refractivity contribution in [3.05, 3.63) is 72.6 Å². The number of ether oxygens (including phenoxy) is 2. The molecule has 1 fully saturated rings. The number of hydrogen-bond acceptors (Lipinski definition) is 7. The number of carbonyl (C=O) groups is 2. The number of para-hydroxylation sites is 1. The fourth-order valence-electron chi connectivity index (χ4n) is 3.59. The normalized spacial score (nSPS) is 15.4. The molecular weight excluding hydrogens is 446 g/mol. The van der Waals surface area contributed by atoms with Crippen LogP contribution in [0.4, 0.5) is 16.3 Å². The van der Waals surface area contributed by atoms with Crippen LogP contribution in [0.25, 0.3) is 0 Å². The zero-order valence-electron chi connectivity index (χ0n) is 20.0. The van der Waals surface area contributed by atoms with Crippen molar-refractivity contribution in [1.82, 2.24) is 15.3 Å². The van der Waals surface area contributed by atoms with Gasteiger partial charge in [0.2, 0.25) is 5.88 Å². The number of alkyl carbamates (subject to hydrolysis) is 1. The quantitative estimate of drug-likeness (QED) is 0.536. The van der Waals surface area contributed by atoms with E-state index >= 15 is 0 Å². The third kappa shape index (κ3) is 6.92. The minimum atomic E-state index is -0.530. The van der Waals surface area contributed by atoms with Crippen molar-refractivity contribution in [2.45, 2.75) is 38.8 Å². The second-order valence-corrected chi connectivity index (χ2v) is 9.24. The number of amides is 2. The maximum Gasteiger partial charge on any atom is 0.407 e. The topological polar surface area (TPSA) is 106 Å². The summed E-state index contributed by atoms with van der Waals surface area (Å²) in [5.41, 5.74) is 0.453. The van der Waals surface area contributed by atoms with Crippen molar-refractivity contribution < 1.29 is 19.1 Å². The standard InChI is InChI=1S/C26H29N5O4/c1-26(2,3)35-25(33)30-20-13-14-31(17-20)22-11-10-19(16-27-22)29-24(32)18-9-12-23(28-15-18)34-21-7-5-4-6-8-21/h4-12,15-16,20H,13-14,17H2,1-3H3,(H,29,32)(H,30,33). The van der Waals surface area contributed by atoms with E-state index in [4.69, 9.17) is 9.47 Å². The van der Waals surface area contributed by atoms with E-state index < -0.39 is 11.7 Å². The van der Waals surface area contributed by atoms with Crippen molar-refractivity contribution in [3.8, 4) is 11.6 Å². The van der Waals surface area contributed by atoms with Gasteiger partial charge in [0.05, 0.1) is 23.5 Å². The Morgan fingerprint density at radius 3 is 2.46 bits per heavy atom. The van der Waals surface area contributed by atoms with Gasteiger partial charge in [-0.1, -0.05) is 18.2 Å². The molecule has 1 aromatic carbocycles. The van der Waals surface area contributed by atoms with Crippen molar-refractivity contribution >= 4 is 23.5 Å². The van der Waals surface area contributed by atoms with Gasteiger partial charge in [-0.05, 0) is 57.5 Å². The molecule has 0 radical (unpaired) electrons. The van der Waals surface area contributed by atoms with Gasteiger partial charge in [0, 0.05) is 25.4 Å². The Bertz CT molecular complexity index is 1150. The van der Waals surface area contributed by atoms with Crippen LogP contribution in [-0.4, -0.2) is 46.7 Å². The van der Waals surface area contributed by atoms with Crippen LogP contribution in [0, 0.1) is 0 Å². The molecule has 0 bridgehead atoms. The third-order valence-corrected chi connectivity index (χ3v) is 5.20. The molecule has 1 aliphatic heterocycles. The summed E-state index contributed by atoms with van der Waals surface area (Å²) in [4.78, 5) is 35.4. The summed E-state index contributed by atoms with van der Waals surface area (Å²) in [6.07, 6.45) is 3.47. The van der Waals surface area contributed by atoms with Gasteiger partial charge in [-0.15, -0.1) is 0 Å². The lowest BCUT2D eigenvalue weighted by Gasteiger charge is -2.22. The number of benzene rings is 1. The smallest absolute Gasteiger partial charge is 0.407 e. The molecule has 9 nitrogen and oxygen atoms in total. The molecule has 1 unspecified atom stereocenters. The van der Waals surface area contributed by atoms with Crippen molar-refractivity contribution in [2.75, 3.05) is 23.3 Å². The summed E-state index contributed by atoms with van der Waals surface area (Å²) in [5.74, 6) is 1.57. The summed E-state index contributed by atoms with van der Waals surface area (Å²) in [7, 11) is 0. The Morgan fingerprint density at radius 1 is 1.00 bits per heavy atom. The molecule has 9 heteroatoms. The Hall–Kier alpha value is -4.14. The van der Waals surface area contributed by atoms with Gasteiger partial charge >= 0.3 is 6.09 Å². The maximum atomic E-state index is 12.6. The van der Waals surface area contributed by atoms with Gasteiger partial charge in [-0.3, -0.25) is 4.79 Å². The predicted octanol–water partition coefficient (Wildman–Crippen LogP) is 4.62. The maximum absolute atomic E-state index is 12.6. The van der Waals surface area contributed by atoms with E-state index in [1.807, 2.05) is 57.2 Å². The number of hydrogen-bond donors (Lipinski definition) is 2. The van der Waals surface area contributed by atoms with Crippen LogP contribution in [0.1, 0.15) is 37.6 Å². The molecule has 1 atom stereocenters. The van der Waals surface area contributed by atoms with Crippen molar-refractivity contribution in [2.24, 2.45) is 0 Å². The molecule has 35 heavy (non-hydrogen) atoms. The van der Waals surface area contributed by atoms with Crippen molar-refractivity contribution in [3.63, 3.8) is 0 Å². The fourth-order valence-corrected chi connectivity index (χ4v) is 3.59. The number of pyridine rings is 2. The SMILES string of the molecule is CC(C)(C)OC(=O)NC1CCN(c2ccc(NC(=O)c3ccc(Oc4ccccc4)nc3)cn2)C1. The first-order valence-corrected chi connectivity index (χ1v) is 11.5. The molecule has 2 N–H and O–H groups in total. The van der Waals surface area contributed by atoms with Gasteiger partial charge in [-0.2, -0.15) is 0 Å². The summed E-state index contributed by atoms with van der Waals surface area (Å²) < 4.78 is 11.0. The van der Waals surface area contributed by atoms with Crippen LogP contribution >= 0.6 is 0 Å². The second kappa shape index (κ2) is 10.4. The van der Waals surface area contributed by atoms with Crippen LogP contribution in [0.3, 0.4) is 0 Å². The van der Waals surface area contributed by atoms with E-state index in [9.17, 15) is 9.59 Å². The van der Waals surface area contributed by atoms with E-state index in [0.717, 1.165) is 18.8 Å². The van der Waals surface area contributed by atoms with E-state index in [-0.39, 0.29) is 11.9 Å². The average Bonchev–Trinajstić information content (AvgIpc) is 3.27. The van der Waals surface area contributed by atoms with E-state index in [2.05, 4.69) is 25.5 Å². The van der Waals surface area contributed by atoms with Crippen molar-refractivity contribution in [1.29, 1.82) is 0 Å². The molecule has 0 aliphatic carbocycles. The Morgan fingerprint density at radius 2 is 1.80 bits per heavy atom. The van der Waals surface area contributed by atoms with Gasteiger partial charge in [-0.25, -0.2) is 14.8 Å². The highest BCUT2D eigenvalue weighted by Gasteiger charge is 2.26. The number of anilines is 2. The van der Waals surface area contributed by atoms with Gasteiger partial charge in [0.15, 0.2) is 0 Å². The Balaban J connectivity index is 1.28. The molecule has 1 aliphatic rings. The zero-order chi connectivity index (χ0) is 24.8. The molecule has 0 saturated carbocycles. The number of rotatable bonds is 6. The monoisotopic (exact) mass is 475 g/mol. The summed E-state index contributed by atoms with van der Waals surface area (Å²) >= 11 is 0. The lowest BCUT2D eigenvalue weighted by Crippen LogP contribution is -2.40. The molecule has 182 valence electrons. The van der Waals surface area contributed by atoms with E-state index in [1.165, 1.54) is 6.20 Å².